The molecule has 0 unspecified atom stereocenters. The fourth-order valence-corrected chi connectivity index (χ4v) is 2.27. The van der Waals surface area contributed by atoms with Crippen molar-refractivity contribution in [2.45, 2.75) is 32.0 Å². The van der Waals surface area contributed by atoms with E-state index in [1.165, 1.54) is 0 Å². The van der Waals surface area contributed by atoms with E-state index in [0.29, 0.717) is 19.5 Å². The summed E-state index contributed by atoms with van der Waals surface area (Å²) in [5, 5.41) is 0. The molecule has 0 saturated carbocycles. The highest BCUT2D eigenvalue weighted by molar-refractivity contribution is 5.80. The van der Waals surface area contributed by atoms with Crippen LogP contribution in [0, 0.1) is 6.92 Å². The number of nitrogens with two attached hydrogens (primary N) is 1. The Balaban J connectivity index is 2.05. The minimum Gasteiger partial charge on any atom is -0.465 e. The zero-order valence-corrected chi connectivity index (χ0v) is 10.2. The number of hydrogen-bond acceptors (Lipinski definition) is 4. The van der Waals surface area contributed by atoms with Crippen LogP contribution in [0.2, 0.25) is 0 Å². The van der Waals surface area contributed by atoms with Gasteiger partial charge in [-0.25, -0.2) is 0 Å². The minimum atomic E-state index is -0.298. The van der Waals surface area contributed by atoms with E-state index >= 15 is 0 Å². The summed E-state index contributed by atoms with van der Waals surface area (Å²) in [6.07, 6.45) is 0.731. The monoisotopic (exact) mass is 238 g/mol. The number of carbonyl (C=O) groups is 1. The van der Waals surface area contributed by atoms with E-state index in [4.69, 9.17) is 14.9 Å². The van der Waals surface area contributed by atoms with E-state index in [1.54, 1.807) is 7.11 Å². The van der Waals surface area contributed by atoms with Crippen LogP contribution in [-0.2, 0) is 16.1 Å². The van der Waals surface area contributed by atoms with Gasteiger partial charge in [0, 0.05) is 13.7 Å². The second kappa shape index (κ2) is 4.89. The lowest BCUT2D eigenvalue weighted by Gasteiger charge is -2.19. The molecule has 5 heteroatoms. The molecule has 0 spiro atoms. The molecule has 2 atom stereocenters. The molecule has 2 N–H and O–H groups in total. The molecular weight excluding hydrogens is 220 g/mol. The molecule has 2 rings (SSSR count). The molecule has 94 valence electrons. The smallest absolute Gasteiger partial charge is 0.234 e. The summed E-state index contributed by atoms with van der Waals surface area (Å²) in [5.74, 6) is 1.43. The highest BCUT2D eigenvalue weighted by atomic mass is 16.5. The zero-order valence-electron chi connectivity index (χ0n) is 10.2. The average molecular weight is 238 g/mol. The molecule has 0 bridgehead atoms. The highest BCUT2D eigenvalue weighted by Crippen LogP contribution is 2.22. The number of methoxy groups -OCH3 is 1. The summed E-state index contributed by atoms with van der Waals surface area (Å²) in [5.41, 5.74) is 5.40. The van der Waals surface area contributed by atoms with E-state index in [9.17, 15) is 4.79 Å². The molecule has 1 amide bonds. The van der Waals surface area contributed by atoms with Crippen LogP contribution in [-0.4, -0.2) is 36.6 Å². The molecular formula is C12H18N2O3. The first-order valence-corrected chi connectivity index (χ1v) is 5.71. The summed E-state index contributed by atoms with van der Waals surface area (Å²) in [6.45, 7) is 3.21. The molecule has 0 aromatic carbocycles. The fourth-order valence-electron chi connectivity index (χ4n) is 2.27. The van der Waals surface area contributed by atoms with Crippen molar-refractivity contribution >= 4 is 5.91 Å². The Kier molecular flexibility index (Phi) is 3.49. The predicted octanol–water partition coefficient (Wildman–Crippen LogP) is 0.663. The second-order valence-electron chi connectivity index (χ2n) is 4.45. The van der Waals surface area contributed by atoms with E-state index in [0.717, 1.165) is 11.5 Å². The molecule has 1 fully saturated rings. The van der Waals surface area contributed by atoms with Crippen LogP contribution in [0.4, 0.5) is 0 Å². The van der Waals surface area contributed by atoms with Crippen molar-refractivity contribution in [2.24, 2.45) is 5.73 Å². The Bertz CT molecular complexity index is 402. The van der Waals surface area contributed by atoms with Crippen LogP contribution >= 0.6 is 0 Å². The van der Waals surface area contributed by atoms with Crippen molar-refractivity contribution in [3.8, 4) is 0 Å². The predicted molar refractivity (Wildman–Crippen MR) is 62.3 cm³/mol. The average Bonchev–Trinajstić information content (AvgIpc) is 2.85. The lowest BCUT2D eigenvalue weighted by atomic mass is 10.2. The van der Waals surface area contributed by atoms with Crippen LogP contribution in [0.25, 0.3) is 0 Å². The van der Waals surface area contributed by atoms with Crippen LogP contribution in [0.3, 0.4) is 0 Å². The standard InChI is InChI=1S/C12H18N2O3/c1-8-3-4-9(17-8)6-14-7-10(16-2)5-11(14)12(13)15/h3-4,10-11H,5-7H2,1-2H3,(H2,13,15)/t10-,11-/m0/s1. The highest BCUT2D eigenvalue weighted by Gasteiger charge is 2.35. The molecule has 1 aliphatic rings. The topological polar surface area (TPSA) is 68.7 Å². The summed E-state index contributed by atoms with van der Waals surface area (Å²) < 4.78 is 10.8. The second-order valence-corrected chi connectivity index (χ2v) is 4.45. The van der Waals surface area contributed by atoms with E-state index in [1.807, 2.05) is 24.0 Å². The van der Waals surface area contributed by atoms with Crippen molar-refractivity contribution in [3.05, 3.63) is 23.7 Å². The number of primary amides is 1. The number of furan rings is 1. The lowest BCUT2D eigenvalue weighted by molar-refractivity contribution is -0.122. The first-order valence-electron chi connectivity index (χ1n) is 5.71. The SMILES string of the molecule is CO[C@H]1C[C@@H](C(N)=O)N(Cc2ccc(C)o2)C1. The van der Waals surface area contributed by atoms with Gasteiger partial charge in [-0.2, -0.15) is 0 Å². The number of amides is 1. The van der Waals surface area contributed by atoms with Gasteiger partial charge in [-0.15, -0.1) is 0 Å². The number of carbonyl (C=O) groups excluding carboxylic acids is 1. The minimum absolute atomic E-state index is 0.0727. The molecule has 1 aliphatic heterocycles. The van der Waals surface area contributed by atoms with Gasteiger partial charge in [0.05, 0.1) is 18.7 Å². The quantitative estimate of drug-likeness (QED) is 0.836. The van der Waals surface area contributed by atoms with Crippen molar-refractivity contribution < 1.29 is 13.9 Å². The molecule has 1 aromatic heterocycles. The number of likely N-dealkylation sites (tertiary alicyclic amines) is 1. The number of rotatable bonds is 4. The van der Waals surface area contributed by atoms with Gasteiger partial charge in [-0.05, 0) is 25.5 Å². The van der Waals surface area contributed by atoms with Crippen molar-refractivity contribution in [3.63, 3.8) is 0 Å². The van der Waals surface area contributed by atoms with Crippen molar-refractivity contribution in [2.75, 3.05) is 13.7 Å². The fraction of sp³-hybridized carbons (Fsp3) is 0.583. The Morgan fingerprint density at radius 1 is 1.65 bits per heavy atom. The molecule has 17 heavy (non-hydrogen) atoms. The third-order valence-corrected chi connectivity index (χ3v) is 3.18. The van der Waals surface area contributed by atoms with Crippen LogP contribution < -0.4 is 5.73 Å². The van der Waals surface area contributed by atoms with Crippen molar-refractivity contribution in [1.29, 1.82) is 0 Å². The van der Waals surface area contributed by atoms with Gasteiger partial charge in [0.1, 0.15) is 11.5 Å². The van der Waals surface area contributed by atoms with Gasteiger partial charge in [0.15, 0.2) is 0 Å². The molecule has 5 nitrogen and oxygen atoms in total. The van der Waals surface area contributed by atoms with E-state index < -0.39 is 0 Å². The Morgan fingerprint density at radius 3 is 2.94 bits per heavy atom. The maximum absolute atomic E-state index is 11.4. The zero-order chi connectivity index (χ0) is 12.4. The maximum Gasteiger partial charge on any atom is 0.234 e. The summed E-state index contributed by atoms with van der Waals surface area (Å²) >= 11 is 0. The van der Waals surface area contributed by atoms with E-state index in [2.05, 4.69) is 0 Å². The molecule has 2 heterocycles. The Morgan fingerprint density at radius 2 is 2.41 bits per heavy atom. The summed E-state index contributed by atoms with van der Waals surface area (Å²) in [6, 6.07) is 3.58. The van der Waals surface area contributed by atoms with Crippen LogP contribution in [0.1, 0.15) is 17.9 Å². The first-order chi connectivity index (χ1) is 8.10. The number of hydrogen-bond donors (Lipinski definition) is 1. The van der Waals surface area contributed by atoms with Gasteiger partial charge in [-0.3, -0.25) is 9.69 Å². The van der Waals surface area contributed by atoms with E-state index in [-0.39, 0.29) is 18.1 Å². The van der Waals surface area contributed by atoms with Gasteiger partial charge in [0.2, 0.25) is 5.91 Å². The summed E-state index contributed by atoms with van der Waals surface area (Å²) in [4.78, 5) is 13.4. The van der Waals surface area contributed by atoms with Gasteiger partial charge in [-0.1, -0.05) is 0 Å². The maximum atomic E-state index is 11.4. The largest absolute Gasteiger partial charge is 0.465 e. The molecule has 0 aliphatic carbocycles. The van der Waals surface area contributed by atoms with Crippen LogP contribution in [0.15, 0.2) is 16.5 Å². The van der Waals surface area contributed by atoms with Crippen molar-refractivity contribution in [1.82, 2.24) is 4.90 Å². The van der Waals surface area contributed by atoms with Gasteiger partial charge < -0.3 is 14.9 Å². The number of nitrogens with zero attached hydrogens (tertiary/aromatic N) is 1. The van der Waals surface area contributed by atoms with Crippen LogP contribution in [0.5, 0.6) is 0 Å². The third kappa shape index (κ3) is 2.68. The third-order valence-electron chi connectivity index (χ3n) is 3.18. The molecule has 1 saturated heterocycles. The number of ether oxygens (including phenoxy) is 1. The first kappa shape index (κ1) is 12.1. The molecule has 1 aromatic rings. The lowest BCUT2D eigenvalue weighted by Crippen LogP contribution is -2.39. The van der Waals surface area contributed by atoms with Gasteiger partial charge in [0.25, 0.3) is 0 Å². The number of aryl methyl sites for hydroxylation is 1. The molecule has 0 radical (unpaired) electrons. The van der Waals surface area contributed by atoms with Gasteiger partial charge >= 0.3 is 0 Å². The Hall–Kier alpha value is -1.33. The normalized spacial score (nSPS) is 25.3. The Labute approximate surface area is 101 Å². The summed E-state index contributed by atoms with van der Waals surface area (Å²) in [7, 11) is 1.66.